The van der Waals surface area contributed by atoms with Crippen LogP contribution in [0.3, 0.4) is 0 Å². The Bertz CT molecular complexity index is 594. The van der Waals surface area contributed by atoms with E-state index in [0.29, 0.717) is 10.6 Å². The quantitative estimate of drug-likeness (QED) is 0.774. The average Bonchev–Trinajstić information content (AvgIpc) is 2.40. The zero-order valence-corrected chi connectivity index (χ0v) is 14.0. The van der Waals surface area contributed by atoms with Gasteiger partial charge in [-0.1, -0.05) is 23.7 Å². The Morgan fingerprint density at radius 3 is 2.48 bits per heavy atom. The molecule has 2 N–H and O–H groups in total. The number of ether oxygens (including phenoxy) is 1. The largest absolute Gasteiger partial charge is 0.480 e. The highest BCUT2D eigenvalue weighted by Gasteiger charge is 2.24. The Hall–Kier alpha value is -2.08. The normalized spacial score (nSPS) is 12.3. The van der Waals surface area contributed by atoms with Gasteiger partial charge in [0.05, 0.1) is 0 Å². The molecule has 1 atom stereocenters. The highest BCUT2D eigenvalue weighted by atomic mass is 35.5. The molecule has 7 heteroatoms. The third-order valence-corrected chi connectivity index (χ3v) is 3.03. The summed E-state index contributed by atoms with van der Waals surface area (Å²) in [7, 11) is 0. The maximum Gasteiger partial charge on any atom is 0.408 e. The van der Waals surface area contributed by atoms with E-state index in [2.05, 4.69) is 5.32 Å². The maximum atomic E-state index is 12.0. The number of hydrogen-bond donors (Lipinski definition) is 2. The molecule has 1 rings (SSSR count). The van der Waals surface area contributed by atoms with E-state index in [-0.39, 0.29) is 18.6 Å². The van der Waals surface area contributed by atoms with Crippen LogP contribution in [0.4, 0.5) is 4.79 Å². The van der Waals surface area contributed by atoms with Crippen molar-refractivity contribution in [3.8, 4) is 0 Å². The molecule has 0 spiro atoms. The molecular formula is C16H20ClNO5. The summed E-state index contributed by atoms with van der Waals surface area (Å²) in [5.41, 5.74) is -0.331. The third kappa shape index (κ3) is 7.15. The number of Topliss-reactive ketones (excluding diaryl/α,β-unsaturated/α-hetero) is 1. The lowest BCUT2D eigenvalue weighted by Gasteiger charge is -2.21. The first-order valence-electron chi connectivity index (χ1n) is 7.09. The van der Waals surface area contributed by atoms with Crippen LogP contribution in [0.5, 0.6) is 0 Å². The molecule has 126 valence electrons. The fraction of sp³-hybridized carbons (Fsp3) is 0.438. The molecule has 0 saturated heterocycles. The highest BCUT2D eigenvalue weighted by molar-refractivity contribution is 6.31. The minimum atomic E-state index is -1.23. The number of alkyl carbamates (subject to hydrolysis) is 1. The second kappa shape index (κ2) is 7.97. The van der Waals surface area contributed by atoms with Crippen LogP contribution in [0.1, 0.15) is 44.0 Å². The van der Waals surface area contributed by atoms with E-state index in [0.717, 1.165) is 0 Å². The second-order valence-corrected chi connectivity index (χ2v) is 6.45. The number of halogens is 1. The van der Waals surface area contributed by atoms with Gasteiger partial charge < -0.3 is 15.2 Å². The first-order chi connectivity index (χ1) is 10.6. The molecule has 1 aromatic carbocycles. The van der Waals surface area contributed by atoms with Crippen molar-refractivity contribution in [3.05, 3.63) is 34.9 Å². The predicted octanol–water partition coefficient (Wildman–Crippen LogP) is 3.28. The molecule has 0 radical (unpaired) electrons. The number of hydrogen-bond acceptors (Lipinski definition) is 4. The van der Waals surface area contributed by atoms with Gasteiger partial charge in [0.25, 0.3) is 0 Å². The van der Waals surface area contributed by atoms with Gasteiger partial charge in [0.2, 0.25) is 0 Å². The molecule has 0 aliphatic rings. The number of nitrogens with one attached hydrogen (secondary N) is 1. The van der Waals surface area contributed by atoms with Gasteiger partial charge in [-0.2, -0.15) is 0 Å². The lowest BCUT2D eigenvalue weighted by Crippen LogP contribution is -2.43. The molecule has 0 bridgehead atoms. The minimum Gasteiger partial charge on any atom is -0.480 e. The Morgan fingerprint density at radius 2 is 1.96 bits per heavy atom. The number of carbonyl (C=O) groups is 3. The molecule has 0 aliphatic heterocycles. The van der Waals surface area contributed by atoms with Crippen LogP contribution < -0.4 is 5.32 Å². The van der Waals surface area contributed by atoms with Crippen LogP contribution in [0.2, 0.25) is 5.02 Å². The molecule has 1 amide bonds. The van der Waals surface area contributed by atoms with Crippen LogP contribution in [0, 0.1) is 0 Å². The second-order valence-electron chi connectivity index (χ2n) is 6.01. The number of benzene rings is 1. The van der Waals surface area contributed by atoms with Gasteiger partial charge in [0.1, 0.15) is 11.6 Å². The number of carboxylic acids is 1. The average molecular weight is 342 g/mol. The third-order valence-electron chi connectivity index (χ3n) is 2.80. The van der Waals surface area contributed by atoms with E-state index in [9.17, 15) is 14.4 Å². The zero-order valence-electron chi connectivity index (χ0n) is 13.3. The summed E-state index contributed by atoms with van der Waals surface area (Å²) in [6, 6.07) is 5.20. The molecule has 1 unspecified atom stereocenters. The number of amides is 1. The molecule has 23 heavy (non-hydrogen) atoms. The van der Waals surface area contributed by atoms with Crippen molar-refractivity contribution in [2.45, 2.75) is 45.3 Å². The standard InChI is InChI=1S/C16H20ClNO5/c1-16(2,3)23-15(22)18-12(14(20)21)7-8-13(19)10-5-4-6-11(17)9-10/h4-6,9,12H,7-8H2,1-3H3,(H,18,22)(H,20,21). The summed E-state index contributed by atoms with van der Waals surface area (Å²) < 4.78 is 5.01. The van der Waals surface area contributed by atoms with Crippen molar-refractivity contribution < 1.29 is 24.2 Å². The topological polar surface area (TPSA) is 92.7 Å². The lowest BCUT2D eigenvalue weighted by atomic mass is 10.0. The molecule has 0 saturated carbocycles. The molecule has 0 heterocycles. The fourth-order valence-corrected chi connectivity index (χ4v) is 1.98. The summed E-state index contributed by atoms with van der Waals surface area (Å²) in [4.78, 5) is 34.9. The van der Waals surface area contributed by atoms with Gasteiger partial charge in [-0.05, 0) is 39.3 Å². The monoisotopic (exact) mass is 341 g/mol. The van der Waals surface area contributed by atoms with Crippen LogP contribution >= 0.6 is 11.6 Å². The predicted molar refractivity (Wildman–Crippen MR) is 85.8 cm³/mol. The molecule has 0 fully saturated rings. The molecular weight excluding hydrogens is 322 g/mol. The zero-order chi connectivity index (χ0) is 17.6. The maximum absolute atomic E-state index is 12.0. The van der Waals surface area contributed by atoms with Crippen molar-refractivity contribution >= 4 is 29.4 Å². The summed E-state index contributed by atoms with van der Waals surface area (Å²) in [5.74, 6) is -1.47. The highest BCUT2D eigenvalue weighted by Crippen LogP contribution is 2.14. The number of ketones is 1. The van der Waals surface area contributed by atoms with Crippen molar-refractivity contribution in [3.63, 3.8) is 0 Å². The summed E-state index contributed by atoms with van der Waals surface area (Å²) in [5, 5.41) is 11.8. The summed E-state index contributed by atoms with van der Waals surface area (Å²) in [6.07, 6.45) is -0.910. The van der Waals surface area contributed by atoms with Crippen molar-refractivity contribution in [2.24, 2.45) is 0 Å². The Labute approximate surface area is 139 Å². The van der Waals surface area contributed by atoms with Crippen LogP contribution in [-0.4, -0.2) is 34.6 Å². The van der Waals surface area contributed by atoms with E-state index < -0.39 is 23.7 Å². The molecule has 0 aliphatic carbocycles. The Balaban J connectivity index is 2.61. The van der Waals surface area contributed by atoms with Gasteiger partial charge in [0, 0.05) is 17.0 Å². The van der Waals surface area contributed by atoms with E-state index in [4.69, 9.17) is 21.4 Å². The van der Waals surface area contributed by atoms with Crippen molar-refractivity contribution in [1.29, 1.82) is 0 Å². The lowest BCUT2D eigenvalue weighted by molar-refractivity contribution is -0.139. The summed E-state index contributed by atoms with van der Waals surface area (Å²) in [6.45, 7) is 5.01. The van der Waals surface area contributed by atoms with Gasteiger partial charge in [-0.3, -0.25) is 4.79 Å². The van der Waals surface area contributed by atoms with E-state index >= 15 is 0 Å². The van der Waals surface area contributed by atoms with Gasteiger partial charge in [-0.15, -0.1) is 0 Å². The Morgan fingerprint density at radius 1 is 1.30 bits per heavy atom. The number of carbonyl (C=O) groups excluding carboxylic acids is 2. The Kier molecular flexibility index (Phi) is 6.57. The SMILES string of the molecule is CC(C)(C)OC(=O)NC(CCC(=O)c1cccc(Cl)c1)C(=O)O. The van der Waals surface area contributed by atoms with Crippen LogP contribution in [-0.2, 0) is 9.53 Å². The van der Waals surface area contributed by atoms with E-state index in [1.165, 1.54) is 6.07 Å². The number of rotatable bonds is 6. The smallest absolute Gasteiger partial charge is 0.408 e. The molecule has 0 aromatic heterocycles. The molecule has 6 nitrogen and oxygen atoms in total. The summed E-state index contributed by atoms with van der Waals surface area (Å²) >= 11 is 5.81. The van der Waals surface area contributed by atoms with Crippen LogP contribution in [0.15, 0.2) is 24.3 Å². The van der Waals surface area contributed by atoms with Gasteiger partial charge >= 0.3 is 12.1 Å². The van der Waals surface area contributed by atoms with E-state index in [1.807, 2.05) is 0 Å². The van der Waals surface area contributed by atoms with Crippen molar-refractivity contribution in [2.75, 3.05) is 0 Å². The molecule has 1 aromatic rings. The van der Waals surface area contributed by atoms with Gasteiger partial charge in [0.15, 0.2) is 5.78 Å². The van der Waals surface area contributed by atoms with Crippen LogP contribution in [0.25, 0.3) is 0 Å². The number of carboxylic acid groups (broad SMARTS) is 1. The van der Waals surface area contributed by atoms with E-state index in [1.54, 1.807) is 39.0 Å². The van der Waals surface area contributed by atoms with Crippen molar-refractivity contribution in [1.82, 2.24) is 5.32 Å². The number of aliphatic carboxylic acids is 1. The first-order valence-corrected chi connectivity index (χ1v) is 7.47. The minimum absolute atomic E-state index is 0.0346. The van der Waals surface area contributed by atoms with Gasteiger partial charge in [-0.25, -0.2) is 9.59 Å². The fourth-order valence-electron chi connectivity index (χ4n) is 1.79. The first kappa shape index (κ1) is 19.0.